The van der Waals surface area contributed by atoms with Gasteiger partial charge in [0.25, 0.3) is 0 Å². The summed E-state index contributed by atoms with van der Waals surface area (Å²) in [5.74, 6) is 1.75. The Morgan fingerprint density at radius 2 is 2.00 bits per heavy atom. The van der Waals surface area contributed by atoms with Gasteiger partial charge in [-0.2, -0.15) is 0 Å². The van der Waals surface area contributed by atoms with Crippen molar-refractivity contribution >= 4 is 5.96 Å². The topological polar surface area (TPSA) is 50.6 Å². The molecule has 0 saturated carbocycles. The predicted octanol–water partition coefficient (Wildman–Crippen LogP) is 2.56. The van der Waals surface area contributed by atoms with E-state index in [1.54, 1.807) is 7.11 Å². The molecule has 1 heterocycles. The van der Waals surface area contributed by atoms with Crippen molar-refractivity contribution in [3.05, 3.63) is 53.9 Å². The van der Waals surface area contributed by atoms with Crippen LogP contribution in [0.15, 0.2) is 47.7 Å². The highest BCUT2D eigenvalue weighted by Gasteiger charge is 2.01. The van der Waals surface area contributed by atoms with E-state index in [4.69, 9.17) is 4.74 Å². The first-order chi connectivity index (χ1) is 11.2. The molecule has 0 aliphatic carbocycles. The summed E-state index contributed by atoms with van der Waals surface area (Å²) >= 11 is 0. The minimum atomic E-state index is 0.643. The van der Waals surface area contributed by atoms with Gasteiger partial charge < -0.3 is 19.9 Å². The van der Waals surface area contributed by atoms with Gasteiger partial charge in [-0.3, -0.25) is 0 Å². The number of hydrogen-bond donors (Lipinski definition) is 2. The molecule has 5 heteroatoms. The van der Waals surface area contributed by atoms with Crippen LogP contribution in [0.1, 0.15) is 18.1 Å². The van der Waals surface area contributed by atoms with E-state index in [-0.39, 0.29) is 0 Å². The summed E-state index contributed by atoms with van der Waals surface area (Å²) in [6.45, 7) is 7.36. The smallest absolute Gasteiger partial charge is 0.191 e. The lowest BCUT2D eigenvalue weighted by molar-refractivity contribution is 0.411. The first-order valence-electron chi connectivity index (χ1n) is 7.99. The third-order valence-electron chi connectivity index (χ3n) is 3.55. The van der Waals surface area contributed by atoms with E-state index in [1.165, 1.54) is 5.56 Å². The Hall–Kier alpha value is -2.43. The van der Waals surface area contributed by atoms with Crippen LogP contribution in [0.25, 0.3) is 0 Å². The number of nitrogens with one attached hydrogen (secondary N) is 2. The van der Waals surface area contributed by atoms with E-state index in [9.17, 15) is 0 Å². The Kier molecular flexibility index (Phi) is 6.54. The summed E-state index contributed by atoms with van der Waals surface area (Å²) in [5.41, 5.74) is 2.30. The highest BCUT2D eigenvalue weighted by molar-refractivity contribution is 5.79. The van der Waals surface area contributed by atoms with E-state index in [2.05, 4.69) is 51.6 Å². The Labute approximate surface area is 138 Å². The number of methoxy groups -OCH3 is 1. The Bertz CT molecular complexity index is 620. The number of benzene rings is 1. The lowest BCUT2D eigenvalue weighted by Crippen LogP contribution is -2.38. The van der Waals surface area contributed by atoms with E-state index >= 15 is 0 Å². The van der Waals surface area contributed by atoms with Crippen molar-refractivity contribution in [1.29, 1.82) is 0 Å². The minimum Gasteiger partial charge on any atom is -0.496 e. The molecule has 1 aromatic heterocycles. The number of hydrogen-bond acceptors (Lipinski definition) is 2. The van der Waals surface area contributed by atoms with Gasteiger partial charge in [0, 0.05) is 32.0 Å². The van der Waals surface area contributed by atoms with Crippen molar-refractivity contribution < 1.29 is 4.74 Å². The van der Waals surface area contributed by atoms with Crippen LogP contribution >= 0.6 is 0 Å². The van der Waals surface area contributed by atoms with E-state index in [1.807, 2.05) is 25.1 Å². The van der Waals surface area contributed by atoms with Crippen LogP contribution in [-0.2, 0) is 13.1 Å². The molecule has 124 valence electrons. The summed E-state index contributed by atoms with van der Waals surface area (Å²) in [6, 6.07) is 10.2. The average molecular weight is 314 g/mol. The van der Waals surface area contributed by atoms with Crippen LogP contribution in [0.5, 0.6) is 5.75 Å². The maximum atomic E-state index is 5.29. The van der Waals surface area contributed by atoms with Crippen molar-refractivity contribution in [2.45, 2.75) is 26.9 Å². The number of nitrogens with zero attached hydrogens (tertiary/aromatic N) is 2. The standard InChI is InChI=1S/C18H26N4O/c1-4-19-18(20-9-12-22-10-5-6-11-22)21-14-16-7-8-17(23-3)15(2)13-16/h5-8,10-11,13H,4,9,12,14H2,1-3H3,(H2,19,20,21). The third kappa shape index (κ3) is 5.36. The fourth-order valence-corrected chi connectivity index (χ4v) is 2.37. The molecular weight excluding hydrogens is 288 g/mol. The molecule has 0 radical (unpaired) electrons. The first kappa shape index (κ1) is 16.9. The molecule has 0 saturated heterocycles. The maximum absolute atomic E-state index is 5.29. The Balaban J connectivity index is 1.90. The fourth-order valence-electron chi connectivity index (χ4n) is 2.37. The van der Waals surface area contributed by atoms with Crippen molar-refractivity contribution in [3.63, 3.8) is 0 Å². The quantitative estimate of drug-likeness (QED) is 0.610. The SMILES string of the molecule is CCNC(=NCc1ccc(OC)c(C)c1)NCCn1cccc1. The summed E-state index contributed by atoms with van der Waals surface area (Å²) in [6.07, 6.45) is 4.12. The highest BCUT2D eigenvalue weighted by atomic mass is 16.5. The molecule has 2 aromatic rings. The molecule has 2 N–H and O–H groups in total. The molecule has 0 aliphatic rings. The van der Waals surface area contributed by atoms with Gasteiger partial charge in [0.15, 0.2) is 5.96 Å². The second kappa shape index (κ2) is 8.88. The molecule has 0 spiro atoms. The van der Waals surface area contributed by atoms with Gasteiger partial charge in [-0.15, -0.1) is 0 Å². The van der Waals surface area contributed by atoms with Crippen molar-refractivity contribution in [2.75, 3.05) is 20.2 Å². The van der Waals surface area contributed by atoms with Gasteiger partial charge in [-0.1, -0.05) is 12.1 Å². The van der Waals surface area contributed by atoms with Crippen molar-refractivity contribution in [2.24, 2.45) is 4.99 Å². The summed E-state index contributed by atoms with van der Waals surface area (Å²) < 4.78 is 7.43. The number of guanidine groups is 1. The van der Waals surface area contributed by atoms with Gasteiger partial charge in [-0.05, 0) is 43.2 Å². The van der Waals surface area contributed by atoms with Crippen LogP contribution in [0.2, 0.25) is 0 Å². The lowest BCUT2D eigenvalue weighted by atomic mass is 10.1. The van der Waals surface area contributed by atoms with Gasteiger partial charge in [0.1, 0.15) is 5.75 Å². The van der Waals surface area contributed by atoms with Crippen LogP contribution in [-0.4, -0.2) is 30.7 Å². The van der Waals surface area contributed by atoms with Gasteiger partial charge in [0.05, 0.1) is 13.7 Å². The number of ether oxygens (including phenoxy) is 1. The summed E-state index contributed by atoms with van der Waals surface area (Å²) in [7, 11) is 1.69. The number of aliphatic imine (C=N–C) groups is 1. The van der Waals surface area contributed by atoms with Crippen LogP contribution < -0.4 is 15.4 Å². The molecule has 1 aromatic carbocycles. The molecule has 0 amide bonds. The zero-order chi connectivity index (χ0) is 16.5. The molecule has 0 atom stereocenters. The molecule has 23 heavy (non-hydrogen) atoms. The number of aromatic nitrogens is 1. The summed E-state index contributed by atoms with van der Waals surface area (Å²) in [5, 5.41) is 6.63. The van der Waals surface area contributed by atoms with Crippen molar-refractivity contribution in [1.82, 2.24) is 15.2 Å². The van der Waals surface area contributed by atoms with Gasteiger partial charge in [-0.25, -0.2) is 4.99 Å². The molecule has 0 aliphatic heterocycles. The Morgan fingerprint density at radius 1 is 1.22 bits per heavy atom. The monoisotopic (exact) mass is 314 g/mol. The number of aryl methyl sites for hydroxylation is 1. The van der Waals surface area contributed by atoms with Crippen LogP contribution in [0.4, 0.5) is 0 Å². The third-order valence-corrected chi connectivity index (χ3v) is 3.55. The maximum Gasteiger partial charge on any atom is 0.191 e. The van der Waals surface area contributed by atoms with Gasteiger partial charge in [0.2, 0.25) is 0 Å². The average Bonchev–Trinajstić information content (AvgIpc) is 3.06. The fraction of sp³-hybridized carbons (Fsp3) is 0.389. The van der Waals surface area contributed by atoms with Crippen molar-refractivity contribution in [3.8, 4) is 5.75 Å². The van der Waals surface area contributed by atoms with Crippen LogP contribution in [0, 0.1) is 6.92 Å². The normalized spacial score (nSPS) is 11.3. The second-order valence-electron chi connectivity index (χ2n) is 5.35. The molecule has 0 bridgehead atoms. The van der Waals surface area contributed by atoms with Gasteiger partial charge >= 0.3 is 0 Å². The zero-order valence-electron chi connectivity index (χ0n) is 14.2. The molecule has 0 fully saturated rings. The largest absolute Gasteiger partial charge is 0.496 e. The van der Waals surface area contributed by atoms with Crippen LogP contribution in [0.3, 0.4) is 0 Å². The molecule has 2 rings (SSSR count). The molecule has 0 unspecified atom stereocenters. The second-order valence-corrected chi connectivity index (χ2v) is 5.35. The predicted molar refractivity (Wildman–Crippen MR) is 95.0 cm³/mol. The molecular formula is C18H26N4O. The highest BCUT2D eigenvalue weighted by Crippen LogP contribution is 2.18. The van der Waals surface area contributed by atoms with E-state index in [0.29, 0.717) is 6.54 Å². The molecule has 5 nitrogen and oxygen atoms in total. The zero-order valence-corrected chi connectivity index (χ0v) is 14.2. The first-order valence-corrected chi connectivity index (χ1v) is 7.99. The van der Waals surface area contributed by atoms with E-state index < -0.39 is 0 Å². The lowest BCUT2D eigenvalue weighted by Gasteiger charge is -2.12. The summed E-state index contributed by atoms with van der Waals surface area (Å²) in [4.78, 5) is 4.64. The number of rotatable bonds is 7. The minimum absolute atomic E-state index is 0.643. The Morgan fingerprint density at radius 3 is 2.65 bits per heavy atom. The van der Waals surface area contributed by atoms with E-state index in [0.717, 1.165) is 36.9 Å².